The van der Waals surface area contributed by atoms with Gasteiger partial charge in [0.15, 0.2) is 0 Å². The number of aryl methyl sites for hydroxylation is 1. The Morgan fingerprint density at radius 3 is 2.47 bits per heavy atom. The highest BCUT2D eigenvalue weighted by Crippen LogP contribution is 2.34. The molecule has 15 heavy (non-hydrogen) atoms. The molecule has 0 radical (unpaired) electrons. The third-order valence-corrected chi connectivity index (χ3v) is 3.87. The minimum atomic E-state index is 0.804. The molecule has 0 atom stereocenters. The summed E-state index contributed by atoms with van der Waals surface area (Å²) in [6.45, 7) is 2.08. The second-order valence-electron chi connectivity index (χ2n) is 3.26. The van der Waals surface area contributed by atoms with Crippen molar-refractivity contribution in [2.45, 2.75) is 11.9 Å². The first-order valence-electron chi connectivity index (χ1n) is 4.58. The fourth-order valence-electron chi connectivity index (χ4n) is 1.28. The van der Waals surface area contributed by atoms with E-state index in [1.54, 1.807) is 23.1 Å². The molecule has 0 fully saturated rings. The number of nitrogens with two attached hydrogens (primary N) is 1. The van der Waals surface area contributed by atoms with Crippen molar-refractivity contribution in [3.63, 3.8) is 0 Å². The molecule has 0 bridgehead atoms. The summed E-state index contributed by atoms with van der Waals surface area (Å²) in [6, 6.07) is 8.34. The van der Waals surface area contributed by atoms with Gasteiger partial charge in [0, 0.05) is 5.56 Å². The van der Waals surface area contributed by atoms with Gasteiger partial charge in [-0.15, -0.1) is 11.8 Å². The molecule has 2 nitrogen and oxygen atoms in total. The SMILES string of the molecule is CSc1nc(-c2ccc(C)cc2)sc1N. The zero-order valence-corrected chi connectivity index (χ0v) is 10.3. The number of thioether (sulfide) groups is 1. The highest BCUT2D eigenvalue weighted by molar-refractivity contribution is 7.98. The van der Waals surface area contributed by atoms with Gasteiger partial charge in [-0.1, -0.05) is 41.2 Å². The first kappa shape index (κ1) is 10.5. The smallest absolute Gasteiger partial charge is 0.131 e. The number of nitrogen functional groups attached to an aromatic ring is 1. The van der Waals surface area contributed by atoms with E-state index in [4.69, 9.17) is 5.73 Å². The molecule has 78 valence electrons. The van der Waals surface area contributed by atoms with Crippen LogP contribution in [0.25, 0.3) is 10.6 Å². The molecule has 2 aromatic rings. The fraction of sp³-hybridized carbons (Fsp3) is 0.182. The number of aromatic nitrogens is 1. The number of anilines is 1. The first-order chi connectivity index (χ1) is 7.20. The zero-order chi connectivity index (χ0) is 10.8. The molecule has 0 saturated heterocycles. The van der Waals surface area contributed by atoms with Crippen LogP contribution in [0, 0.1) is 6.92 Å². The van der Waals surface area contributed by atoms with Crippen LogP contribution in [0.5, 0.6) is 0 Å². The highest BCUT2D eigenvalue weighted by Gasteiger charge is 2.08. The Kier molecular flexibility index (Phi) is 2.98. The summed E-state index contributed by atoms with van der Waals surface area (Å²) in [5.41, 5.74) is 8.25. The highest BCUT2D eigenvalue weighted by atomic mass is 32.2. The van der Waals surface area contributed by atoms with Crippen molar-refractivity contribution < 1.29 is 0 Å². The quantitative estimate of drug-likeness (QED) is 0.812. The third kappa shape index (κ3) is 2.16. The minimum absolute atomic E-state index is 0.804. The number of hydrogen-bond donors (Lipinski definition) is 1. The van der Waals surface area contributed by atoms with E-state index >= 15 is 0 Å². The average Bonchev–Trinajstić information content (AvgIpc) is 2.61. The van der Waals surface area contributed by atoms with Gasteiger partial charge in [0.25, 0.3) is 0 Å². The van der Waals surface area contributed by atoms with Crippen LogP contribution in [-0.4, -0.2) is 11.2 Å². The van der Waals surface area contributed by atoms with Gasteiger partial charge in [0.2, 0.25) is 0 Å². The summed E-state index contributed by atoms with van der Waals surface area (Å²) in [6.07, 6.45) is 1.99. The van der Waals surface area contributed by atoms with E-state index in [1.165, 1.54) is 5.56 Å². The van der Waals surface area contributed by atoms with E-state index in [2.05, 4.69) is 36.2 Å². The number of nitrogens with zero attached hydrogens (tertiary/aromatic N) is 1. The lowest BCUT2D eigenvalue weighted by Crippen LogP contribution is -1.80. The van der Waals surface area contributed by atoms with Gasteiger partial charge in [0.1, 0.15) is 15.0 Å². The van der Waals surface area contributed by atoms with Crippen molar-refractivity contribution >= 4 is 28.1 Å². The van der Waals surface area contributed by atoms with E-state index < -0.39 is 0 Å². The summed E-state index contributed by atoms with van der Waals surface area (Å²) in [5, 5.41) is 2.73. The zero-order valence-electron chi connectivity index (χ0n) is 8.65. The average molecular weight is 236 g/mol. The Balaban J connectivity index is 2.41. The van der Waals surface area contributed by atoms with Crippen molar-refractivity contribution in [1.82, 2.24) is 4.98 Å². The number of rotatable bonds is 2. The fourth-order valence-corrected chi connectivity index (χ4v) is 2.83. The third-order valence-electron chi connectivity index (χ3n) is 2.11. The lowest BCUT2D eigenvalue weighted by Gasteiger charge is -1.96. The maximum absolute atomic E-state index is 5.85. The standard InChI is InChI=1S/C11H12N2S2/c1-7-3-5-8(6-4-7)10-13-11(14-2)9(12)15-10/h3-6H,12H2,1-2H3. The van der Waals surface area contributed by atoms with E-state index in [0.717, 1.165) is 20.6 Å². The van der Waals surface area contributed by atoms with Crippen LogP contribution in [0.4, 0.5) is 5.00 Å². The predicted molar refractivity (Wildman–Crippen MR) is 68.5 cm³/mol. The monoisotopic (exact) mass is 236 g/mol. The normalized spacial score (nSPS) is 10.5. The maximum Gasteiger partial charge on any atom is 0.131 e. The summed E-state index contributed by atoms with van der Waals surface area (Å²) in [4.78, 5) is 4.48. The van der Waals surface area contributed by atoms with Crippen molar-refractivity contribution in [1.29, 1.82) is 0 Å². The molecule has 2 N–H and O–H groups in total. The summed E-state index contributed by atoms with van der Waals surface area (Å²) >= 11 is 3.13. The Morgan fingerprint density at radius 1 is 1.27 bits per heavy atom. The van der Waals surface area contributed by atoms with Crippen LogP contribution in [0.3, 0.4) is 0 Å². The van der Waals surface area contributed by atoms with Crippen molar-refractivity contribution in [2.24, 2.45) is 0 Å². The van der Waals surface area contributed by atoms with E-state index in [9.17, 15) is 0 Å². The molecular weight excluding hydrogens is 224 g/mol. The Morgan fingerprint density at radius 2 is 1.93 bits per heavy atom. The lowest BCUT2D eigenvalue weighted by molar-refractivity contribution is 1.22. The second kappa shape index (κ2) is 4.24. The van der Waals surface area contributed by atoms with Crippen LogP contribution >= 0.6 is 23.1 Å². The lowest BCUT2D eigenvalue weighted by atomic mass is 10.2. The summed E-state index contributed by atoms with van der Waals surface area (Å²) in [7, 11) is 0. The first-order valence-corrected chi connectivity index (χ1v) is 6.62. The number of benzene rings is 1. The molecule has 1 aromatic heterocycles. The molecule has 4 heteroatoms. The van der Waals surface area contributed by atoms with Gasteiger partial charge in [0.05, 0.1) is 0 Å². The van der Waals surface area contributed by atoms with Gasteiger partial charge < -0.3 is 5.73 Å². The van der Waals surface area contributed by atoms with Crippen LogP contribution in [0.2, 0.25) is 0 Å². The van der Waals surface area contributed by atoms with Crippen molar-refractivity contribution in [3.8, 4) is 10.6 Å². The molecule has 0 unspecified atom stereocenters. The van der Waals surface area contributed by atoms with Crippen molar-refractivity contribution in [2.75, 3.05) is 12.0 Å². The molecule has 0 spiro atoms. The predicted octanol–water partition coefficient (Wildman–Crippen LogP) is 3.42. The van der Waals surface area contributed by atoms with Gasteiger partial charge in [-0.05, 0) is 13.2 Å². The molecule has 0 saturated carbocycles. The Hall–Kier alpha value is -1.00. The van der Waals surface area contributed by atoms with Crippen molar-refractivity contribution in [3.05, 3.63) is 29.8 Å². The Bertz CT molecular complexity index is 460. The number of hydrogen-bond acceptors (Lipinski definition) is 4. The minimum Gasteiger partial charge on any atom is -0.388 e. The van der Waals surface area contributed by atoms with Crippen LogP contribution in [0.15, 0.2) is 29.3 Å². The van der Waals surface area contributed by atoms with Crippen LogP contribution < -0.4 is 5.73 Å². The van der Waals surface area contributed by atoms with Crippen LogP contribution in [0.1, 0.15) is 5.56 Å². The summed E-state index contributed by atoms with van der Waals surface area (Å²) < 4.78 is 0. The maximum atomic E-state index is 5.85. The van der Waals surface area contributed by atoms with Gasteiger partial charge in [-0.2, -0.15) is 0 Å². The molecule has 0 aliphatic heterocycles. The number of thiazole rings is 1. The molecule has 0 aliphatic carbocycles. The summed E-state index contributed by atoms with van der Waals surface area (Å²) in [5.74, 6) is 0. The molecule has 0 aliphatic rings. The molecule has 1 heterocycles. The molecule has 1 aromatic carbocycles. The van der Waals surface area contributed by atoms with Gasteiger partial charge >= 0.3 is 0 Å². The topological polar surface area (TPSA) is 38.9 Å². The second-order valence-corrected chi connectivity index (χ2v) is 5.08. The van der Waals surface area contributed by atoms with Crippen LogP contribution in [-0.2, 0) is 0 Å². The Labute approximate surface area is 97.5 Å². The largest absolute Gasteiger partial charge is 0.388 e. The van der Waals surface area contributed by atoms with Gasteiger partial charge in [-0.25, -0.2) is 4.98 Å². The van der Waals surface area contributed by atoms with E-state index in [-0.39, 0.29) is 0 Å². The van der Waals surface area contributed by atoms with Gasteiger partial charge in [-0.3, -0.25) is 0 Å². The van der Waals surface area contributed by atoms with E-state index in [0.29, 0.717) is 0 Å². The molecule has 0 amide bonds. The molecular formula is C11H12N2S2. The van der Waals surface area contributed by atoms with E-state index in [1.807, 2.05) is 6.26 Å². The molecule has 2 rings (SSSR count).